The van der Waals surface area contributed by atoms with Gasteiger partial charge in [0, 0.05) is 58.1 Å². The summed E-state index contributed by atoms with van der Waals surface area (Å²) in [6, 6.07) is 42.1. The lowest BCUT2D eigenvalue weighted by atomic mass is 10.1. The van der Waals surface area contributed by atoms with Crippen molar-refractivity contribution in [2.75, 3.05) is 0 Å². The van der Waals surface area contributed by atoms with Crippen molar-refractivity contribution < 1.29 is 0 Å². The molecule has 0 unspecified atom stereocenters. The number of H-pyrrole nitrogens is 1. The Kier molecular flexibility index (Phi) is 3.70. The molecule has 2 nitrogen and oxygen atoms in total. The van der Waals surface area contributed by atoms with E-state index in [9.17, 15) is 0 Å². The monoisotopic (exact) mass is 488 g/mol. The average Bonchev–Trinajstić information content (AvgIpc) is 3.60. The van der Waals surface area contributed by atoms with E-state index < -0.39 is 0 Å². The summed E-state index contributed by atoms with van der Waals surface area (Å²) in [6.45, 7) is 0. The fourth-order valence-electron chi connectivity index (χ4n) is 6.29. The lowest BCUT2D eigenvalue weighted by Gasteiger charge is -2.11. The lowest BCUT2D eigenvalue weighted by Crippen LogP contribution is -1.94. The van der Waals surface area contributed by atoms with Crippen molar-refractivity contribution in [1.29, 1.82) is 0 Å². The normalized spacial score (nSPS) is 12.3. The maximum atomic E-state index is 3.62. The second kappa shape index (κ2) is 7.00. The molecule has 0 spiro atoms. The number of nitrogens with one attached hydrogen (secondary N) is 1. The molecule has 1 N–H and O–H groups in total. The smallest absolute Gasteiger partial charge is 0.0555 e. The predicted octanol–water partition coefficient (Wildman–Crippen LogP) is 9.94. The van der Waals surface area contributed by atoms with Crippen LogP contribution in [0.3, 0.4) is 0 Å². The number of aromatic amines is 1. The molecular weight excluding hydrogens is 468 g/mol. The number of hydrogen-bond acceptors (Lipinski definition) is 1. The number of nitrogens with zero attached hydrogens (tertiary/aromatic N) is 1. The molecule has 3 heteroatoms. The van der Waals surface area contributed by atoms with Gasteiger partial charge < -0.3 is 9.55 Å². The molecule has 0 aliphatic carbocycles. The molecule has 37 heavy (non-hydrogen) atoms. The third kappa shape index (κ3) is 2.54. The minimum absolute atomic E-state index is 1.20. The molecule has 6 aromatic carbocycles. The number of para-hydroxylation sites is 2. The number of fused-ring (bicyclic) bond motifs is 11. The van der Waals surface area contributed by atoms with E-state index in [0.29, 0.717) is 0 Å². The van der Waals surface area contributed by atoms with E-state index in [4.69, 9.17) is 0 Å². The van der Waals surface area contributed by atoms with E-state index in [1.807, 2.05) is 11.3 Å². The third-order valence-electron chi connectivity index (χ3n) is 7.91. The topological polar surface area (TPSA) is 20.7 Å². The maximum Gasteiger partial charge on any atom is 0.0555 e. The van der Waals surface area contributed by atoms with Crippen LogP contribution in [0.4, 0.5) is 0 Å². The molecular formula is C34H20N2S. The summed E-state index contributed by atoms with van der Waals surface area (Å²) in [4.78, 5) is 3.62. The highest BCUT2D eigenvalue weighted by atomic mass is 32.1. The van der Waals surface area contributed by atoms with Crippen LogP contribution in [0.1, 0.15) is 0 Å². The van der Waals surface area contributed by atoms with E-state index in [2.05, 4.69) is 125 Å². The Hall–Kier alpha value is -4.60. The van der Waals surface area contributed by atoms with Crippen LogP contribution in [0.5, 0.6) is 0 Å². The van der Waals surface area contributed by atoms with Crippen molar-refractivity contribution in [2.45, 2.75) is 0 Å². The van der Waals surface area contributed by atoms with Gasteiger partial charge in [0.15, 0.2) is 0 Å². The molecule has 0 aliphatic rings. The van der Waals surface area contributed by atoms with Gasteiger partial charge in [-0.05, 0) is 41.8 Å². The molecule has 0 bridgehead atoms. The number of hydrogen-bond donors (Lipinski definition) is 1. The Labute approximate surface area is 216 Å². The van der Waals surface area contributed by atoms with Gasteiger partial charge in [0.05, 0.1) is 16.7 Å². The lowest BCUT2D eigenvalue weighted by molar-refractivity contribution is 1.20. The van der Waals surface area contributed by atoms with Gasteiger partial charge in [-0.25, -0.2) is 0 Å². The van der Waals surface area contributed by atoms with Crippen LogP contribution in [0.2, 0.25) is 0 Å². The maximum absolute atomic E-state index is 3.62. The summed E-state index contributed by atoms with van der Waals surface area (Å²) in [5.41, 5.74) is 6.13. The highest BCUT2D eigenvalue weighted by molar-refractivity contribution is 7.26. The zero-order valence-electron chi connectivity index (χ0n) is 19.8. The van der Waals surface area contributed by atoms with Gasteiger partial charge >= 0.3 is 0 Å². The minimum Gasteiger partial charge on any atom is -0.354 e. The first kappa shape index (κ1) is 19.6. The fraction of sp³-hybridized carbons (Fsp3) is 0. The molecule has 0 radical (unpaired) electrons. The molecule has 0 aliphatic heterocycles. The number of aromatic nitrogens is 2. The van der Waals surface area contributed by atoms with Gasteiger partial charge in [0.2, 0.25) is 0 Å². The third-order valence-corrected chi connectivity index (χ3v) is 9.09. The first-order valence-corrected chi connectivity index (χ1v) is 13.4. The molecule has 3 heterocycles. The first-order chi connectivity index (χ1) is 18.3. The fourth-order valence-corrected chi connectivity index (χ4v) is 7.57. The van der Waals surface area contributed by atoms with Gasteiger partial charge in [-0.2, -0.15) is 0 Å². The van der Waals surface area contributed by atoms with Crippen LogP contribution in [0.15, 0.2) is 115 Å². The van der Waals surface area contributed by atoms with Gasteiger partial charge in [0.25, 0.3) is 0 Å². The molecule has 172 valence electrons. The van der Waals surface area contributed by atoms with E-state index in [1.165, 1.54) is 80.2 Å². The van der Waals surface area contributed by atoms with Crippen LogP contribution < -0.4 is 0 Å². The Balaban J connectivity index is 1.46. The zero-order chi connectivity index (χ0) is 24.1. The molecule has 9 rings (SSSR count). The van der Waals surface area contributed by atoms with Gasteiger partial charge in [0.1, 0.15) is 0 Å². The van der Waals surface area contributed by atoms with E-state index in [0.717, 1.165) is 0 Å². The summed E-state index contributed by atoms with van der Waals surface area (Å²) in [6.07, 6.45) is 0. The van der Waals surface area contributed by atoms with Crippen molar-refractivity contribution >= 4 is 85.9 Å². The highest BCUT2D eigenvalue weighted by Crippen LogP contribution is 2.44. The first-order valence-electron chi connectivity index (χ1n) is 12.6. The molecule has 9 aromatic rings. The Morgan fingerprint density at radius 3 is 2.24 bits per heavy atom. The molecule has 0 saturated carbocycles. The summed E-state index contributed by atoms with van der Waals surface area (Å²) >= 11 is 1.91. The SMILES string of the molecule is c1ccc2c(-n3c4ccccc4c4cc5c(cc43)sc3c5ccc4[nH]c5ccccc5c43)cccc2c1. The molecule has 0 atom stereocenters. The largest absolute Gasteiger partial charge is 0.354 e. The van der Waals surface area contributed by atoms with E-state index >= 15 is 0 Å². The van der Waals surface area contributed by atoms with Crippen molar-refractivity contribution in [3.05, 3.63) is 115 Å². The molecule has 0 amide bonds. The van der Waals surface area contributed by atoms with Gasteiger partial charge in [-0.15, -0.1) is 11.3 Å². The quantitative estimate of drug-likeness (QED) is 0.237. The molecule has 0 fully saturated rings. The number of rotatable bonds is 1. The van der Waals surface area contributed by atoms with Crippen LogP contribution in [0, 0.1) is 0 Å². The highest BCUT2D eigenvalue weighted by Gasteiger charge is 2.18. The van der Waals surface area contributed by atoms with Crippen LogP contribution in [-0.2, 0) is 0 Å². The van der Waals surface area contributed by atoms with E-state index in [-0.39, 0.29) is 0 Å². The Bertz CT molecular complexity index is 2360. The zero-order valence-corrected chi connectivity index (χ0v) is 20.6. The Morgan fingerprint density at radius 1 is 0.514 bits per heavy atom. The molecule has 0 saturated heterocycles. The number of benzene rings is 6. The summed E-state index contributed by atoms with van der Waals surface area (Å²) in [5.74, 6) is 0. The van der Waals surface area contributed by atoms with Gasteiger partial charge in [-0.3, -0.25) is 0 Å². The van der Waals surface area contributed by atoms with Crippen LogP contribution >= 0.6 is 11.3 Å². The standard InChI is InChI=1S/C34H20N2S/c1-2-10-21-20(8-1)9-7-15-29(21)36-30-14-6-4-11-22(30)25-18-26-23-16-17-28-33(24-12-3-5-13-27(24)35-28)34(23)37-32(26)19-31(25)36/h1-19,35H. The summed E-state index contributed by atoms with van der Waals surface area (Å²) in [7, 11) is 0. The van der Waals surface area contributed by atoms with Crippen molar-refractivity contribution in [3.8, 4) is 5.69 Å². The van der Waals surface area contributed by atoms with Crippen molar-refractivity contribution in [1.82, 2.24) is 9.55 Å². The molecule has 3 aromatic heterocycles. The minimum atomic E-state index is 1.20. The van der Waals surface area contributed by atoms with Crippen LogP contribution in [-0.4, -0.2) is 9.55 Å². The van der Waals surface area contributed by atoms with Crippen LogP contribution in [0.25, 0.3) is 80.2 Å². The summed E-state index contributed by atoms with van der Waals surface area (Å²) in [5, 5.41) is 10.4. The number of thiophene rings is 1. The Morgan fingerprint density at radius 2 is 1.30 bits per heavy atom. The second-order valence-corrected chi connectivity index (χ2v) is 10.9. The van der Waals surface area contributed by atoms with Gasteiger partial charge in [-0.1, -0.05) is 78.9 Å². The summed E-state index contributed by atoms with van der Waals surface area (Å²) < 4.78 is 5.14. The predicted molar refractivity (Wildman–Crippen MR) is 161 cm³/mol. The van der Waals surface area contributed by atoms with Crippen molar-refractivity contribution in [2.24, 2.45) is 0 Å². The second-order valence-electron chi connectivity index (χ2n) is 9.85. The average molecular weight is 489 g/mol. The van der Waals surface area contributed by atoms with Crippen molar-refractivity contribution in [3.63, 3.8) is 0 Å². The van der Waals surface area contributed by atoms with E-state index in [1.54, 1.807) is 0 Å².